The first-order valence-electron chi connectivity index (χ1n) is 10.1. The van der Waals surface area contributed by atoms with Crippen LogP contribution in [0.5, 0.6) is 0 Å². The van der Waals surface area contributed by atoms with Gasteiger partial charge in [0.25, 0.3) is 5.91 Å². The van der Waals surface area contributed by atoms with Gasteiger partial charge < -0.3 is 14.8 Å². The summed E-state index contributed by atoms with van der Waals surface area (Å²) in [6, 6.07) is 16.9. The molecule has 0 heterocycles. The van der Waals surface area contributed by atoms with Crippen LogP contribution in [-0.4, -0.2) is 29.7 Å². The largest absolute Gasteiger partial charge is 0.444 e. The molecule has 0 bridgehead atoms. The highest BCUT2D eigenvalue weighted by atomic mass is 16.6. The highest BCUT2D eigenvalue weighted by Gasteiger charge is 2.38. The lowest BCUT2D eigenvalue weighted by atomic mass is 9.92. The van der Waals surface area contributed by atoms with Crippen LogP contribution >= 0.6 is 0 Å². The number of nitrogens with one attached hydrogen (secondary N) is 2. The van der Waals surface area contributed by atoms with Crippen molar-refractivity contribution in [1.29, 1.82) is 0 Å². The molecule has 1 atom stereocenters. The molecule has 2 aromatic carbocycles. The molecule has 0 aliphatic carbocycles. The monoisotopic (exact) mass is 424 g/mol. The van der Waals surface area contributed by atoms with Gasteiger partial charge >= 0.3 is 6.09 Å². The van der Waals surface area contributed by atoms with Crippen molar-refractivity contribution in [3.8, 4) is 0 Å². The predicted molar refractivity (Wildman–Crippen MR) is 116 cm³/mol. The molecule has 164 valence electrons. The Hall–Kier alpha value is -3.48. The minimum Gasteiger partial charge on any atom is -0.444 e. The smallest absolute Gasteiger partial charge is 0.409 e. The molecule has 31 heavy (non-hydrogen) atoms. The zero-order valence-corrected chi connectivity index (χ0v) is 18.0. The zero-order valence-electron chi connectivity index (χ0n) is 18.0. The average Bonchev–Trinajstić information content (AvgIpc) is 2.73. The second kappa shape index (κ2) is 10.5. The van der Waals surface area contributed by atoms with Gasteiger partial charge in [-0.25, -0.2) is 4.79 Å². The SMILES string of the molecule is CC(C)(C)OC(=O)NC(CCCC=O)(NC(=O)C(=O)c1ccccc1)c1ccccc1. The highest BCUT2D eigenvalue weighted by Crippen LogP contribution is 2.26. The Morgan fingerprint density at radius 3 is 2.03 bits per heavy atom. The number of unbranched alkanes of at least 4 members (excludes halogenated alkanes) is 1. The van der Waals surface area contributed by atoms with E-state index in [-0.39, 0.29) is 18.4 Å². The normalized spacial score (nSPS) is 12.9. The van der Waals surface area contributed by atoms with Gasteiger partial charge in [0, 0.05) is 12.0 Å². The van der Waals surface area contributed by atoms with E-state index >= 15 is 0 Å². The summed E-state index contributed by atoms with van der Waals surface area (Å²) >= 11 is 0. The number of alkyl carbamates (subject to hydrolysis) is 1. The Morgan fingerprint density at radius 1 is 0.903 bits per heavy atom. The van der Waals surface area contributed by atoms with Gasteiger partial charge in [0.05, 0.1) is 0 Å². The van der Waals surface area contributed by atoms with Crippen LogP contribution in [0.4, 0.5) is 4.79 Å². The molecule has 0 radical (unpaired) electrons. The van der Waals surface area contributed by atoms with Crippen molar-refractivity contribution in [3.05, 3.63) is 71.8 Å². The van der Waals surface area contributed by atoms with Crippen molar-refractivity contribution in [2.75, 3.05) is 0 Å². The van der Waals surface area contributed by atoms with Crippen LogP contribution in [-0.2, 0) is 20.0 Å². The molecule has 0 aliphatic rings. The van der Waals surface area contributed by atoms with Gasteiger partial charge in [0.1, 0.15) is 17.6 Å². The first-order valence-corrected chi connectivity index (χ1v) is 10.1. The summed E-state index contributed by atoms with van der Waals surface area (Å²) in [5.41, 5.74) is -1.42. The van der Waals surface area contributed by atoms with Gasteiger partial charge in [0.2, 0.25) is 5.78 Å². The van der Waals surface area contributed by atoms with Crippen LogP contribution in [0.1, 0.15) is 56.0 Å². The molecule has 0 spiro atoms. The molecule has 0 fully saturated rings. The Labute approximate surface area is 182 Å². The molecule has 0 saturated carbocycles. The maximum Gasteiger partial charge on any atom is 0.409 e. The molecule has 1 unspecified atom stereocenters. The Kier molecular flexibility index (Phi) is 8.07. The number of carbonyl (C=O) groups is 4. The number of hydrogen-bond donors (Lipinski definition) is 2. The third-order valence-electron chi connectivity index (χ3n) is 4.42. The summed E-state index contributed by atoms with van der Waals surface area (Å²) in [7, 11) is 0. The van der Waals surface area contributed by atoms with E-state index in [1.165, 1.54) is 0 Å². The number of ether oxygens (including phenoxy) is 1. The van der Waals surface area contributed by atoms with Crippen LogP contribution < -0.4 is 10.6 Å². The van der Waals surface area contributed by atoms with Crippen LogP contribution in [0.15, 0.2) is 60.7 Å². The summed E-state index contributed by atoms with van der Waals surface area (Å²) < 4.78 is 5.39. The molecular weight excluding hydrogens is 396 g/mol. The first-order chi connectivity index (χ1) is 14.7. The summed E-state index contributed by atoms with van der Waals surface area (Å²) in [6.45, 7) is 5.17. The third-order valence-corrected chi connectivity index (χ3v) is 4.42. The summed E-state index contributed by atoms with van der Waals surface area (Å²) in [5, 5.41) is 5.44. The van der Waals surface area contributed by atoms with Gasteiger partial charge in [-0.2, -0.15) is 0 Å². The lowest BCUT2D eigenvalue weighted by Crippen LogP contribution is -2.60. The standard InChI is InChI=1S/C24H28N2O5/c1-23(2,3)31-22(30)26-24(16-10-11-17-27,19-14-8-5-9-15-19)25-21(29)20(28)18-12-6-4-7-13-18/h4-9,12-15,17H,10-11,16H2,1-3H3,(H,25,29)(H,26,30). The molecule has 7 nitrogen and oxygen atoms in total. The van der Waals surface area contributed by atoms with E-state index in [1.807, 2.05) is 0 Å². The maximum absolute atomic E-state index is 12.9. The topological polar surface area (TPSA) is 102 Å². The summed E-state index contributed by atoms with van der Waals surface area (Å²) in [5.74, 6) is -1.61. The number of aldehydes is 1. The number of amides is 2. The number of carbonyl (C=O) groups excluding carboxylic acids is 4. The number of rotatable bonds is 9. The highest BCUT2D eigenvalue weighted by molar-refractivity contribution is 6.42. The number of Topliss-reactive ketones (excluding diaryl/α,β-unsaturated/α-hetero) is 1. The van der Waals surface area contributed by atoms with Gasteiger partial charge in [-0.15, -0.1) is 0 Å². The van der Waals surface area contributed by atoms with Crippen LogP contribution in [0.2, 0.25) is 0 Å². The molecule has 7 heteroatoms. The Morgan fingerprint density at radius 2 is 1.48 bits per heavy atom. The zero-order chi connectivity index (χ0) is 22.9. The molecule has 0 aromatic heterocycles. The van der Waals surface area contributed by atoms with Gasteiger partial charge in [-0.3, -0.25) is 14.9 Å². The Bertz CT molecular complexity index is 907. The second-order valence-corrected chi connectivity index (χ2v) is 8.11. The average molecular weight is 424 g/mol. The van der Waals surface area contributed by atoms with Gasteiger partial charge in [-0.05, 0) is 39.2 Å². The minimum absolute atomic E-state index is 0.183. The molecule has 2 N–H and O–H groups in total. The lowest BCUT2D eigenvalue weighted by molar-refractivity contribution is -0.119. The number of benzene rings is 2. The molecule has 0 aliphatic heterocycles. The molecule has 2 rings (SSSR count). The van der Waals surface area contributed by atoms with Crippen LogP contribution in [0.3, 0.4) is 0 Å². The summed E-state index contributed by atoms with van der Waals surface area (Å²) in [4.78, 5) is 49.2. The van der Waals surface area contributed by atoms with E-state index < -0.39 is 29.0 Å². The Balaban J connectivity index is 2.42. The van der Waals surface area contributed by atoms with E-state index in [2.05, 4.69) is 10.6 Å². The van der Waals surface area contributed by atoms with Crippen molar-refractivity contribution in [3.63, 3.8) is 0 Å². The molecule has 0 saturated heterocycles. The number of ketones is 1. The number of hydrogen-bond acceptors (Lipinski definition) is 5. The fourth-order valence-corrected chi connectivity index (χ4v) is 3.07. The quantitative estimate of drug-likeness (QED) is 0.210. The minimum atomic E-state index is -1.44. The van der Waals surface area contributed by atoms with Crippen LogP contribution in [0, 0.1) is 0 Å². The predicted octanol–water partition coefficient (Wildman–Crippen LogP) is 3.73. The van der Waals surface area contributed by atoms with E-state index in [1.54, 1.807) is 81.4 Å². The van der Waals surface area contributed by atoms with E-state index in [0.717, 1.165) is 6.29 Å². The third kappa shape index (κ3) is 7.06. The van der Waals surface area contributed by atoms with Crippen molar-refractivity contribution >= 4 is 24.1 Å². The van der Waals surface area contributed by atoms with Crippen LogP contribution in [0.25, 0.3) is 0 Å². The van der Waals surface area contributed by atoms with Gasteiger partial charge in [0.15, 0.2) is 0 Å². The van der Waals surface area contributed by atoms with Crippen molar-refractivity contribution < 1.29 is 23.9 Å². The fraction of sp³-hybridized carbons (Fsp3) is 0.333. The van der Waals surface area contributed by atoms with Crippen molar-refractivity contribution in [1.82, 2.24) is 10.6 Å². The van der Waals surface area contributed by atoms with E-state index in [0.29, 0.717) is 12.0 Å². The van der Waals surface area contributed by atoms with Crippen molar-refractivity contribution in [2.24, 2.45) is 0 Å². The van der Waals surface area contributed by atoms with E-state index in [4.69, 9.17) is 4.74 Å². The van der Waals surface area contributed by atoms with E-state index in [9.17, 15) is 19.2 Å². The summed E-state index contributed by atoms with van der Waals surface area (Å²) in [6.07, 6.45) is 0.791. The molecule has 2 amide bonds. The molecule has 2 aromatic rings. The first kappa shape index (κ1) is 23.8. The second-order valence-electron chi connectivity index (χ2n) is 8.11. The lowest BCUT2D eigenvalue weighted by Gasteiger charge is -2.36. The van der Waals surface area contributed by atoms with Crippen molar-refractivity contribution in [2.45, 2.75) is 51.3 Å². The van der Waals surface area contributed by atoms with Gasteiger partial charge in [-0.1, -0.05) is 60.7 Å². The maximum atomic E-state index is 12.9. The fourth-order valence-electron chi connectivity index (χ4n) is 3.07. The molecular formula is C24H28N2O5.